The lowest BCUT2D eigenvalue weighted by Crippen LogP contribution is -2.51. The number of hydrogen-bond acceptors (Lipinski definition) is 6. The molecule has 2 amide bonds. The van der Waals surface area contributed by atoms with Crippen LogP contribution < -0.4 is 5.32 Å². The summed E-state index contributed by atoms with van der Waals surface area (Å²) in [6, 6.07) is 1.93. The van der Waals surface area contributed by atoms with Crippen molar-refractivity contribution in [3.05, 3.63) is 29.2 Å². The van der Waals surface area contributed by atoms with Gasteiger partial charge in [-0.1, -0.05) is 11.6 Å². The van der Waals surface area contributed by atoms with Gasteiger partial charge in [-0.25, -0.2) is 4.79 Å². The molecule has 0 atom stereocenters. The average molecular weight is 373 g/mol. The minimum Gasteiger partial charge on any atom is -0.360 e. The van der Waals surface area contributed by atoms with Crippen LogP contribution in [0.1, 0.15) is 42.4 Å². The Morgan fingerprint density at radius 1 is 1.15 bits per heavy atom. The number of rotatable bonds is 4. The molecule has 0 bridgehead atoms. The molecule has 2 aromatic rings. The van der Waals surface area contributed by atoms with Crippen molar-refractivity contribution in [1.82, 2.24) is 35.0 Å². The van der Waals surface area contributed by atoms with Gasteiger partial charge < -0.3 is 19.3 Å². The normalized spacial score (nSPS) is 18.2. The van der Waals surface area contributed by atoms with Crippen molar-refractivity contribution in [2.75, 3.05) is 26.2 Å². The Morgan fingerprint density at radius 2 is 2.00 bits per heavy atom. The molecule has 27 heavy (non-hydrogen) atoms. The Kier molecular flexibility index (Phi) is 5.38. The van der Waals surface area contributed by atoms with Crippen LogP contribution in [-0.4, -0.2) is 61.9 Å². The predicted octanol–water partition coefficient (Wildman–Crippen LogP) is 1.33. The first-order chi connectivity index (χ1) is 13.2. The summed E-state index contributed by atoms with van der Waals surface area (Å²) in [6.07, 6.45) is 4.53. The predicted molar refractivity (Wildman–Crippen MR) is 97.9 cm³/mol. The molecule has 1 N–H and O–H groups in total. The number of fused-ring (bicyclic) bond motifs is 1. The molecule has 1 fully saturated rings. The largest absolute Gasteiger partial charge is 0.360 e. The van der Waals surface area contributed by atoms with Crippen LogP contribution in [0.2, 0.25) is 0 Å². The van der Waals surface area contributed by atoms with Gasteiger partial charge in [0.2, 0.25) is 0 Å². The number of aromatic nitrogens is 4. The summed E-state index contributed by atoms with van der Waals surface area (Å²) < 4.78 is 7.45. The van der Waals surface area contributed by atoms with E-state index in [9.17, 15) is 4.79 Å². The van der Waals surface area contributed by atoms with E-state index in [1.54, 1.807) is 0 Å². The second-order valence-corrected chi connectivity index (χ2v) is 7.35. The molecule has 2 aliphatic heterocycles. The number of carbonyl (C=O) groups is 1. The summed E-state index contributed by atoms with van der Waals surface area (Å²) >= 11 is 0. The van der Waals surface area contributed by atoms with E-state index in [4.69, 9.17) is 4.52 Å². The van der Waals surface area contributed by atoms with E-state index < -0.39 is 0 Å². The lowest BCUT2D eigenvalue weighted by Gasteiger charge is -2.34. The summed E-state index contributed by atoms with van der Waals surface area (Å²) in [6.45, 7) is 7.11. The van der Waals surface area contributed by atoms with E-state index in [1.807, 2.05) is 17.9 Å². The zero-order valence-electron chi connectivity index (χ0n) is 15.9. The molecule has 4 rings (SSSR count). The van der Waals surface area contributed by atoms with Crippen molar-refractivity contribution >= 4 is 6.03 Å². The van der Waals surface area contributed by atoms with Gasteiger partial charge in [-0.15, -0.1) is 10.2 Å². The highest BCUT2D eigenvalue weighted by atomic mass is 16.5. The van der Waals surface area contributed by atoms with E-state index in [0.717, 1.165) is 62.1 Å². The first-order valence-corrected chi connectivity index (χ1v) is 9.77. The number of piperazine rings is 1. The molecule has 0 spiro atoms. The van der Waals surface area contributed by atoms with Gasteiger partial charge in [0.25, 0.3) is 0 Å². The van der Waals surface area contributed by atoms with Gasteiger partial charge in [-0.05, 0) is 19.8 Å². The fraction of sp³-hybridized carbons (Fsp3) is 0.667. The standard InChI is InChI=1S/C18H27N7O2/c1-14-11-15(27-22-14)13-23-7-9-24(10-8-23)18(26)19-12-17-21-20-16-5-3-2-4-6-25(16)17/h11H,2-10,12-13H2,1H3,(H,19,26). The van der Waals surface area contributed by atoms with E-state index in [1.165, 1.54) is 12.8 Å². The summed E-state index contributed by atoms with van der Waals surface area (Å²) in [5.74, 6) is 2.78. The fourth-order valence-electron chi connectivity index (χ4n) is 3.76. The van der Waals surface area contributed by atoms with Crippen molar-refractivity contribution in [1.29, 1.82) is 0 Å². The molecule has 9 heteroatoms. The van der Waals surface area contributed by atoms with Crippen molar-refractivity contribution in [2.45, 2.75) is 52.2 Å². The van der Waals surface area contributed by atoms with Gasteiger partial charge in [-0.2, -0.15) is 0 Å². The van der Waals surface area contributed by atoms with Gasteiger partial charge in [0.15, 0.2) is 11.6 Å². The zero-order chi connectivity index (χ0) is 18.6. The third-order valence-corrected chi connectivity index (χ3v) is 5.30. The summed E-state index contributed by atoms with van der Waals surface area (Å²) in [7, 11) is 0. The molecule has 9 nitrogen and oxygen atoms in total. The Balaban J connectivity index is 1.25. The van der Waals surface area contributed by atoms with E-state index >= 15 is 0 Å². The van der Waals surface area contributed by atoms with Crippen molar-refractivity contribution in [3.63, 3.8) is 0 Å². The number of aryl methyl sites for hydroxylation is 2. The van der Waals surface area contributed by atoms with E-state index in [2.05, 4.69) is 30.1 Å². The quantitative estimate of drug-likeness (QED) is 0.869. The number of nitrogens with one attached hydrogen (secondary N) is 1. The highest BCUT2D eigenvalue weighted by molar-refractivity contribution is 5.74. The molecule has 2 aromatic heterocycles. The first kappa shape index (κ1) is 18.0. The monoisotopic (exact) mass is 373 g/mol. The van der Waals surface area contributed by atoms with Crippen LogP contribution in [0.25, 0.3) is 0 Å². The third kappa shape index (κ3) is 4.29. The highest BCUT2D eigenvalue weighted by Gasteiger charge is 2.22. The maximum Gasteiger partial charge on any atom is 0.317 e. The summed E-state index contributed by atoms with van der Waals surface area (Å²) in [5, 5.41) is 15.5. The van der Waals surface area contributed by atoms with E-state index in [-0.39, 0.29) is 6.03 Å². The van der Waals surface area contributed by atoms with Gasteiger partial charge >= 0.3 is 6.03 Å². The average Bonchev–Trinajstić information content (AvgIpc) is 3.18. The fourth-order valence-corrected chi connectivity index (χ4v) is 3.76. The molecule has 0 aliphatic carbocycles. The first-order valence-electron chi connectivity index (χ1n) is 9.77. The topological polar surface area (TPSA) is 92.3 Å². The molecule has 0 aromatic carbocycles. The highest BCUT2D eigenvalue weighted by Crippen LogP contribution is 2.14. The number of amides is 2. The molecule has 146 valence electrons. The second-order valence-electron chi connectivity index (χ2n) is 7.35. The van der Waals surface area contributed by atoms with Crippen LogP contribution in [0.15, 0.2) is 10.6 Å². The Morgan fingerprint density at radius 3 is 2.78 bits per heavy atom. The number of hydrogen-bond donors (Lipinski definition) is 1. The maximum atomic E-state index is 12.5. The molecule has 0 radical (unpaired) electrons. The lowest BCUT2D eigenvalue weighted by molar-refractivity contribution is 0.127. The Bertz CT molecular complexity index is 777. The third-order valence-electron chi connectivity index (χ3n) is 5.30. The van der Waals surface area contributed by atoms with E-state index in [0.29, 0.717) is 19.6 Å². The minimum atomic E-state index is -0.0314. The van der Waals surface area contributed by atoms with Gasteiger partial charge in [-0.3, -0.25) is 4.90 Å². The molecule has 2 aliphatic rings. The van der Waals surface area contributed by atoms with Gasteiger partial charge in [0, 0.05) is 45.2 Å². The van der Waals surface area contributed by atoms with Crippen LogP contribution in [0, 0.1) is 6.92 Å². The lowest BCUT2D eigenvalue weighted by atomic mass is 10.2. The molecular weight excluding hydrogens is 346 g/mol. The molecule has 0 unspecified atom stereocenters. The van der Waals surface area contributed by atoms with Crippen LogP contribution in [0.5, 0.6) is 0 Å². The number of urea groups is 1. The second kappa shape index (κ2) is 8.08. The van der Waals surface area contributed by atoms with Gasteiger partial charge in [0.1, 0.15) is 5.82 Å². The number of carbonyl (C=O) groups excluding carboxylic acids is 1. The van der Waals surface area contributed by atoms with Crippen LogP contribution >= 0.6 is 0 Å². The maximum absolute atomic E-state index is 12.5. The molecular formula is C18H27N7O2. The van der Waals surface area contributed by atoms with Crippen molar-refractivity contribution in [3.8, 4) is 0 Å². The van der Waals surface area contributed by atoms with Crippen LogP contribution in [-0.2, 0) is 26.1 Å². The SMILES string of the molecule is Cc1cc(CN2CCN(C(=O)NCc3nnc4n3CCCCC4)CC2)on1. The molecule has 1 saturated heterocycles. The van der Waals surface area contributed by atoms with Gasteiger partial charge in [0.05, 0.1) is 18.8 Å². The van der Waals surface area contributed by atoms with Crippen molar-refractivity contribution in [2.24, 2.45) is 0 Å². The summed E-state index contributed by atoms with van der Waals surface area (Å²) in [5.41, 5.74) is 0.898. The molecule has 4 heterocycles. The Hall–Kier alpha value is -2.42. The Labute approximate surface area is 158 Å². The van der Waals surface area contributed by atoms with Crippen LogP contribution in [0.3, 0.4) is 0 Å². The number of nitrogens with zero attached hydrogens (tertiary/aromatic N) is 6. The van der Waals surface area contributed by atoms with Crippen molar-refractivity contribution < 1.29 is 9.32 Å². The molecule has 0 saturated carbocycles. The van der Waals surface area contributed by atoms with Crippen LogP contribution in [0.4, 0.5) is 4.79 Å². The minimum absolute atomic E-state index is 0.0314. The summed E-state index contributed by atoms with van der Waals surface area (Å²) in [4.78, 5) is 16.7. The smallest absolute Gasteiger partial charge is 0.317 e. The zero-order valence-corrected chi connectivity index (χ0v) is 15.9.